The molecule has 0 saturated carbocycles. The molecule has 0 aromatic carbocycles. The first-order valence-electron chi connectivity index (χ1n) is 6.15. The Bertz CT molecular complexity index is 590. The number of hydrogen-bond acceptors (Lipinski definition) is 6. The maximum absolute atomic E-state index is 11.9. The minimum atomic E-state index is -1.42. The second-order valence-corrected chi connectivity index (χ2v) is 4.72. The third-order valence-electron chi connectivity index (χ3n) is 3.54. The van der Waals surface area contributed by atoms with Crippen LogP contribution in [0.15, 0.2) is 35.9 Å². The molecule has 0 spiro atoms. The van der Waals surface area contributed by atoms with Gasteiger partial charge in [-0.1, -0.05) is 6.08 Å². The van der Waals surface area contributed by atoms with Crippen molar-refractivity contribution in [3.63, 3.8) is 0 Å². The van der Waals surface area contributed by atoms with Crippen LogP contribution in [0.4, 0.5) is 4.79 Å². The first-order valence-corrected chi connectivity index (χ1v) is 6.15. The lowest BCUT2D eigenvalue weighted by atomic mass is 9.84. The number of allylic oxidation sites excluding steroid dienone is 3. The molecule has 0 amide bonds. The van der Waals surface area contributed by atoms with Crippen LogP contribution in [-0.2, 0) is 14.3 Å². The Labute approximate surface area is 114 Å². The minimum Gasteiger partial charge on any atom is -0.449 e. The van der Waals surface area contributed by atoms with E-state index in [0.717, 1.165) is 5.57 Å². The number of Topliss-reactive ketones (excluding diaryl/α,β-unsaturated/α-hetero) is 2. The van der Waals surface area contributed by atoms with Crippen LogP contribution in [0.3, 0.4) is 0 Å². The van der Waals surface area contributed by atoms with Crippen molar-refractivity contribution < 1.29 is 24.2 Å². The molecule has 0 radical (unpaired) electrons. The zero-order valence-electron chi connectivity index (χ0n) is 10.5. The third-order valence-corrected chi connectivity index (χ3v) is 3.54. The number of hydrogen-bond donors (Lipinski definition) is 1. The molecular formula is C13H12N2O5. The molecule has 3 rings (SSSR count). The molecule has 20 heavy (non-hydrogen) atoms. The smallest absolute Gasteiger partial charge is 0.449 e. The number of ketones is 2. The Balaban J connectivity index is 1.88. The van der Waals surface area contributed by atoms with Gasteiger partial charge in [0.15, 0.2) is 0 Å². The van der Waals surface area contributed by atoms with Crippen molar-refractivity contribution in [1.29, 1.82) is 0 Å². The van der Waals surface area contributed by atoms with Gasteiger partial charge in [-0.25, -0.2) is 4.79 Å². The molecule has 1 N–H and O–H groups in total. The quantitative estimate of drug-likeness (QED) is 0.428. The van der Waals surface area contributed by atoms with Crippen LogP contribution in [0.5, 0.6) is 0 Å². The summed E-state index contributed by atoms with van der Waals surface area (Å²) < 4.78 is 4.70. The fourth-order valence-corrected chi connectivity index (χ4v) is 2.59. The first kappa shape index (κ1) is 12.5. The summed E-state index contributed by atoms with van der Waals surface area (Å²) in [7, 11) is 0. The molecule has 1 unspecified atom stereocenters. The Morgan fingerprint density at radius 2 is 2.20 bits per heavy atom. The van der Waals surface area contributed by atoms with E-state index in [1.807, 2.05) is 0 Å². The largest absolute Gasteiger partial charge is 0.512 e. The monoisotopic (exact) mass is 276 g/mol. The van der Waals surface area contributed by atoms with E-state index in [1.165, 1.54) is 6.08 Å². The van der Waals surface area contributed by atoms with E-state index in [4.69, 9.17) is 9.84 Å². The highest BCUT2D eigenvalue weighted by molar-refractivity contribution is 6.39. The van der Waals surface area contributed by atoms with E-state index < -0.39 is 23.6 Å². The number of carbonyl (C=O) groups excluding carboxylic acids is 2. The summed E-state index contributed by atoms with van der Waals surface area (Å²) in [4.78, 5) is 34.1. The lowest BCUT2D eigenvalue weighted by Gasteiger charge is -2.45. The van der Waals surface area contributed by atoms with E-state index >= 15 is 0 Å². The predicted molar refractivity (Wildman–Crippen MR) is 65.9 cm³/mol. The van der Waals surface area contributed by atoms with Crippen molar-refractivity contribution in [2.75, 3.05) is 13.1 Å². The van der Waals surface area contributed by atoms with Crippen molar-refractivity contribution in [1.82, 2.24) is 10.0 Å². The molecular weight excluding hydrogens is 264 g/mol. The van der Waals surface area contributed by atoms with Crippen molar-refractivity contribution in [3.05, 3.63) is 35.9 Å². The van der Waals surface area contributed by atoms with Gasteiger partial charge in [0.05, 0.1) is 19.0 Å². The van der Waals surface area contributed by atoms with E-state index in [2.05, 4.69) is 0 Å². The molecule has 0 aromatic rings. The highest BCUT2D eigenvalue weighted by atomic mass is 16.7. The molecule has 1 fully saturated rings. The molecule has 1 atom stereocenters. The van der Waals surface area contributed by atoms with Gasteiger partial charge in [0.2, 0.25) is 17.4 Å². The lowest BCUT2D eigenvalue weighted by molar-refractivity contribution is -0.141. The summed E-state index contributed by atoms with van der Waals surface area (Å²) in [5.74, 6) is -1.19. The van der Waals surface area contributed by atoms with Crippen LogP contribution in [0.2, 0.25) is 0 Å². The van der Waals surface area contributed by atoms with Crippen LogP contribution in [0.1, 0.15) is 6.42 Å². The van der Waals surface area contributed by atoms with Crippen LogP contribution in [0.25, 0.3) is 0 Å². The number of carboxylic acid groups (broad SMARTS) is 1. The van der Waals surface area contributed by atoms with E-state index in [1.54, 1.807) is 28.4 Å². The van der Waals surface area contributed by atoms with Gasteiger partial charge >= 0.3 is 6.16 Å². The predicted octanol–water partition coefficient (Wildman–Crippen LogP) is 0.667. The van der Waals surface area contributed by atoms with Gasteiger partial charge in [-0.3, -0.25) is 19.6 Å². The minimum absolute atomic E-state index is 0.130. The first-order chi connectivity index (χ1) is 9.56. The van der Waals surface area contributed by atoms with Crippen molar-refractivity contribution in [2.24, 2.45) is 5.92 Å². The number of rotatable bonds is 1. The Morgan fingerprint density at radius 3 is 2.95 bits per heavy atom. The highest BCUT2D eigenvalue weighted by Crippen LogP contribution is 2.31. The summed E-state index contributed by atoms with van der Waals surface area (Å²) >= 11 is 0. The number of nitrogens with zero attached hydrogens (tertiary/aromatic N) is 2. The molecule has 3 aliphatic rings. The van der Waals surface area contributed by atoms with Crippen molar-refractivity contribution in [3.8, 4) is 0 Å². The zero-order chi connectivity index (χ0) is 14.3. The molecule has 2 heterocycles. The average molecular weight is 276 g/mol. The van der Waals surface area contributed by atoms with Gasteiger partial charge in [-0.2, -0.15) is 0 Å². The maximum Gasteiger partial charge on any atom is 0.512 e. The molecule has 1 aliphatic carbocycles. The van der Waals surface area contributed by atoms with Gasteiger partial charge in [-0.05, 0) is 11.6 Å². The Hall–Kier alpha value is -2.57. The van der Waals surface area contributed by atoms with Gasteiger partial charge in [0.25, 0.3) is 0 Å². The number of carbonyl (C=O) groups is 3. The normalized spacial score (nSPS) is 24.7. The van der Waals surface area contributed by atoms with Crippen LogP contribution in [0, 0.1) is 5.92 Å². The molecule has 104 valence electrons. The topological polar surface area (TPSA) is 87.1 Å². The fourth-order valence-electron chi connectivity index (χ4n) is 2.59. The number of ether oxygens (including phenoxy) is 1. The fraction of sp³-hybridized carbons (Fsp3) is 0.308. The molecule has 0 bridgehead atoms. The Morgan fingerprint density at radius 1 is 1.40 bits per heavy atom. The van der Waals surface area contributed by atoms with E-state index in [-0.39, 0.29) is 18.8 Å². The van der Waals surface area contributed by atoms with Crippen molar-refractivity contribution >= 4 is 17.7 Å². The summed E-state index contributed by atoms with van der Waals surface area (Å²) in [6.07, 6.45) is 5.47. The summed E-state index contributed by atoms with van der Waals surface area (Å²) in [6.45, 7) is 0.653. The number of hydrazine groups is 1. The highest BCUT2D eigenvalue weighted by Gasteiger charge is 2.40. The standard InChI is InChI=1S/C13H12N2O5/c16-10-4-3-8-6-14-5-1-2-11(20-13(18)19)15(14)7-9(8)12(10)17/h1-3,5,9H,4,6-7H2,(H,18,19). The second kappa shape index (κ2) is 4.52. The van der Waals surface area contributed by atoms with Crippen LogP contribution in [-0.4, -0.2) is 45.9 Å². The summed E-state index contributed by atoms with van der Waals surface area (Å²) in [5, 5.41) is 12.0. The molecule has 0 aromatic heterocycles. The van der Waals surface area contributed by atoms with Crippen molar-refractivity contribution in [2.45, 2.75) is 6.42 Å². The van der Waals surface area contributed by atoms with E-state index in [0.29, 0.717) is 6.54 Å². The van der Waals surface area contributed by atoms with Gasteiger partial charge in [0, 0.05) is 18.7 Å². The summed E-state index contributed by atoms with van der Waals surface area (Å²) in [5.41, 5.74) is 0.895. The van der Waals surface area contributed by atoms with Gasteiger partial charge in [-0.15, -0.1) is 0 Å². The molecule has 7 nitrogen and oxygen atoms in total. The van der Waals surface area contributed by atoms with Gasteiger partial charge < -0.3 is 9.84 Å². The molecule has 7 heteroatoms. The van der Waals surface area contributed by atoms with E-state index in [9.17, 15) is 14.4 Å². The number of fused-ring (bicyclic) bond motifs is 2. The SMILES string of the molecule is O=C(O)OC1=CC=CN2CC3=CCC(=O)C(=O)C3CN12. The van der Waals surface area contributed by atoms with Crippen LogP contribution < -0.4 is 0 Å². The third kappa shape index (κ3) is 1.97. The maximum atomic E-state index is 11.9. The molecule has 1 saturated heterocycles. The second-order valence-electron chi connectivity index (χ2n) is 4.72. The van der Waals surface area contributed by atoms with Gasteiger partial charge in [0.1, 0.15) is 0 Å². The average Bonchev–Trinajstić information content (AvgIpc) is 2.41. The summed E-state index contributed by atoms with van der Waals surface area (Å²) in [6, 6.07) is 0. The lowest BCUT2D eigenvalue weighted by Crippen LogP contribution is -2.53. The molecule has 2 aliphatic heterocycles. The van der Waals surface area contributed by atoms with Crippen LogP contribution >= 0.6 is 0 Å². The Kier molecular flexibility index (Phi) is 2.81. The zero-order valence-corrected chi connectivity index (χ0v) is 10.5.